The standard InChI is InChI=1S/C26H36N2O/c1-21(2)24-13-9-22(10-14-24)8-7-17-27-26(29)25-15-11-23(12-16-25)20-28-18-5-3-4-6-19-28/h9-16,21H,3-8,17-20H2,1-2H3,(H,27,29). The van der Waals surface area contributed by atoms with E-state index >= 15 is 0 Å². The van der Waals surface area contributed by atoms with E-state index in [9.17, 15) is 4.79 Å². The van der Waals surface area contributed by atoms with E-state index in [2.05, 4.69) is 60.5 Å². The zero-order chi connectivity index (χ0) is 20.5. The second kappa shape index (κ2) is 11.2. The van der Waals surface area contributed by atoms with Gasteiger partial charge in [0.05, 0.1) is 0 Å². The normalized spacial score (nSPS) is 15.3. The number of nitrogens with zero attached hydrogens (tertiary/aromatic N) is 1. The summed E-state index contributed by atoms with van der Waals surface area (Å²) in [6.45, 7) is 8.53. The Hall–Kier alpha value is -2.13. The SMILES string of the molecule is CC(C)c1ccc(CCCNC(=O)c2ccc(CN3CCCCCC3)cc2)cc1. The summed E-state index contributed by atoms with van der Waals surface area (Å²) >= 11 is 0. The lowest BCUT2D eigenvalue weighted by molar-refractivity contribution is 0.0953. The third kappa shape index (κ3) is 7.01. The molecule has 3 heteroatoms. The molecule has 0 spiro atoms. The summed E-state index contributed by atoms with van der Waals surface area (Å²) in [5.74, 6) is 0.598. The number of nitrogens with one attached hydrogen (secondary N) is 1. The van der Waals surface area contributed by atoms with Crippen LogP contribution in [0.2, 0.25) is 0 Å². The molecule has 1 aliphatic heterocycles. The molecule has 3 nitrogen and oxygen atoms in total. The lowest BCUT2D eigenvalue weighted by atomic mass is 10.0. The van der Waals surface area contributed by atoms with E-state index in [4.69, 9.17) is 0 Å². The Labute approximate surface area is 176 Å². The first-order valence-corrected chi connectivity index (χ1v) is 11.3. The number of amides is 1. The molecule has 1 amide bonds. The average molecular weight is 393 g/mol. The highest BCUT2D eigenvalue weighted by molar-refractivity contribution is 5.94. The van der Waals surface area contributed by atoms with Crippen LogP contribution in [0.15, 0.2) is 48.5 Å². The summed E-state index contributed by atoms with van der Waals surface area (Å²) < 4.78 is 0. The highest BCUT2D eigenvalue weighted by atomic mass is 16.1. The molecule has 1 saturated heterocycles. The average Bonchev–Trinajstić information content (AvgIpc) is 3.00. The second-order valence-electron chi connectivity index (χ2n) is 8.64. The highest BCUT2D eigenvalue weighted by Crippen LogP contribution is 2.16. The number of likely N-dealkylation sites (tertiary alicyclic amines) is 1. The van der Waals surface area contributed by atoms with Gasteiger partial charge in [0.1, 0.15) is 0 Å². The van der Waals surface area contributed by atoms with Gasteiger partial charge in [-0.3, -0.25) is 9.69 Å². The van der Waals surface area contributed by atoms with Crippen molar-refractivity contribution in [3.05, 3.63) is 70.8 Å². The van der Waals surface area contributed by atoms with E-state index in [-0.39, 0.29) is 5.91 Å². The van der Waals surface area contributed by atoms with Gasteiger partial charge in [0.25, 0.3) is 5.91 Å². The van der Waals surface area contributed by atoms with Crippen LogP contribution in [0.25, 0.3) is 0 Å². The second-order valence-corrected chi connectivity index (χ2v) is 8.64. The van der Waals surface area contributed by atoms with Crippen LogP contribution in [0.4, 0.5) is 0 Å². The molecule has 1 heterocycles. The minimum atomic E-state index is 0.0291. The number of carbonyl (C=O) groups is 1. The molecule has 1 N–H and O–H groups in total. The van der Waals surface area contributed by atoms with Gasteiger partial charge in [0, 0.05) is 18.7 Å². The van der Waals surface area contributed by atoms with Crippen molar-refractivity contribution in [2.45, 2.75) is 64.8 Å². The molecule has 0 atom stereocenters. The van der Waals surface area contributed by atoms with E-state index in [0.717, 1.165) is 24.9 Å². The van der Waals surface area contributed by atoms with Gasteiger partial charge in [-0.15, -0.1) is 0 Å². The topological polar surface area (TPSA) is 32.3 Å². The van der Waals surface area contributed by atoms with Crippen LogP contribution in [-0.2, 0) is 13.0 Å². The molecule has 2 aromatic rings. The molecule has 0 unspecified atom stereocenters. The predicted molar refractivity (Wildman–Crippen MR) is 121 cm³/mol. The predicted octanol–water partition coefficient (Wildman–Crippen LogP) is 5.55. The Kier molecular flexibility index (Phi) is 8.30. The van der Waals surface area contributed by atoms with Gasteiger partial charge in [-0.25, -0.2) is 0 Å². The molecular formula is C26H36N2O. The van der Waals surface area contributed by atoms with Crippen molar-refractivity contribution in [1.82, 2.24) is 10.2 Å². The van der Waals surface area contributed by atoms with E-state index in [0.29, 0.717) is 12.5 Å². The molecular weight excluding hydrogens is 356 g/mol. The zero-order valence-corrected chi connectivity index (χ0v) is 18.1. The number of aryl methyl sites for hydroxylation is 1. The van der Waals surface area contributed by atoms with Crippen molar-refractivity contribution in [2.24, 2.45) is 0 Å². The van der Waals surface area contributed by atoms with Gasteiger partial charge < -0.3 is 5.32 Å². The maximum absolute atomic E-state index is 12.4. The lowest BCUT2D eigenvalue weighted by Crippen LogP contribution is -2.25. The van der Waals surface area contributed by atoms with Gasteiger partial charge in [0.2, 0.25) is 0 Å². The van der Waals surface area contributed by atoms with Crippen LogP contribution >= 0.6 is 0 Å². The monoisotopic (exact) mass is 392 g/mol. The summed E-state index contributed by atoms with van der Waals surface area (Å²) in [6.07, 6.45) is 7.29. The first-order valence-electron chi connectivity index (χ1n) is 11.3. The van der Waals surface area contributed by atoms with Crippen LogP contribution in [0.5, 0.6) is 0 Å². The summed E-state index contributed by atoms with van der Waals surface area (Å²) in [5, 5.41) is 3.06. The van der Waals surface area contributed by atoms with Crippen LogP contribution in [0.3, 0.4) is 0 Å². The van der Waals surface area contributed by atoms with Gasteiger partial charge in [-0.1, -0.05) is 63.1 Å². The molecule has 1 fully saturated rings. The third-order valence-electron chi connectivity index (χ3n) is 5.90. The molecule has 29 heavy (non-hydrogen) atoms. The van der Waals surface area contributed by atoms with Gasteiger partial charge in [0.15, 0.2) is 0 Å². The molecule has 3 rings (SSSR count). The third-order valence-corrected chi connectivity index (χ3v) is 5.90. The Bertz CT molecular complexity index is 741. The van der Waals surface area contributed by atoms with Gasteiger partial charge in [-0.2, -0.15) is 0 Å². The van der Waals surface area contributed by atoms with Gasteiger partial charge >= 0.3 is 0 Å². The fourth-order valence-electron chi connectivity index (χ4n) is 3.98. The fourth-order valence-corrected chi connectivity index (χ4v) is 3.98. The maximum atomic E-state index is 12.4. The van der Waals surface area contributed by atoms with Crippen molar-refractivity contribution in [3.63, 3.8) is 0 Å². The quantitative estimate of drug-likeness (QED) is 0.598. The lowest BCUT2D eigenvalue weighted by Gasteiger charge is -2.19. The highest BCUT2D eigenvalue weighted by Gasteiger charge is 2.10. The minimum absolute atomic E-state index is 0.0291. The van der Waals surface area contributed by atoms with Crippen molar-refractivity contribution in [3.8, 4) is 0 Å². The van der Waals surface area contributed by atoms with E-state index in [1.165, 1.54) is 55.5 Å². The number of hydrogen-bond donors (Lipinski definition) is 1. The number of carbonyl (C=O) groups excluding carboxylic acids is 1. The van der Waals surface area contributed by atoms with E-state index in [1.54, 1.807) is 0 Å². The Morgan fingerprint density at radius 3 is 2.14 bits per heavy atom. The first-order chi connectivity index (χ1) is 14.1. The molecule has 0 aromatic heterocycles. The Morgan fingerprint density at radius 1 is 0.897 bits per heavy atom. The molecule has 0 radical (unpaired) electrons. The largest absolute Gasteiger partial charge is 0.352 e. The van der Waals surface area contributed by atoms with Crippen LogP contribution in [0.1, 0.15) is 78.9 Å². The molecule has 1 aliphatic rings. The Morgan fingerprint density at radius 2 is 1.52 bits per heavy atom. The molecule has 2 aromatic carbocycles. The first kappa shape index (κ1) is 21.6. The number of benzene rings is 2. The summed E-state index contributed by atoms with van der Waals surface area (Å²) in [6, 6.07) is 17.0. The fraction of sp³-hybridized carbons (Fsp3) is 0.500. The molecule has 0 aliphatic carbocycles. The number of hydrogen-bond acceptors (Lipinski definition) is 2. The van der Waals surface area contributed by atoms with E-state index < -0.39 is 0 Å². The smallest absolute Gasteiger partial charge is 0.251 e. The zero-order valence-electron chi connectivity index (χ0n) is 18.1. The minimum Gasteiger partial charge on any atom is -0.352 e. The summed E-state index contributed by atoms with van der Waals surface area (Å²) in [7, 11) is 0. The van der Waals surface area contributed by atoms with Crippen molar-refractivity contribution >= 4 is 5.91 Å². The number of rotatable bonds is 8. The van der Waals surface area contributed by atoms with Gasteiger partial charge in [-0.05, 0) is 73.5 Å². The molecule has 156 valence electrons. The summed E-state index contributed by atoms with van der Waals surface area (Å²) in [5.41, 5.74) is 4.77. The maximum Gasteiger partial charge on any atom is 0.251 e. The summed E-state index contributed by atoms with van der Waals surface area (Å²) in [4.78, 5) is 14.9. The van der Waals surface area contributed by atoms with Crippen LogP contribution in [0, 0.1) is 0 Å². The van der Waals surface area contributed by atoms with Crippen LogP contribution in [-0.4, -0.2) is 30.4 Å². The molecule has 0 bridgehead atoms. The van der Waals surface area contributed by atoms with Crippen molar-refractivity contribution in [2.75, 3.05) is 19.6 Å². The van der Waals surface area contributed by atoms with Crippen LogP contribution < -0.4 is 5.32 Å². The van der Waals surface area contributed by atoms with Crippen molar-refractivity contribution < 1.29 is 4.79 Å². The van der Waals surface area contributed by atoms with Crippen molar-refractivity contribution in [1.29, 1.82) is 0 Å². The van der Waals surface area contributed by atoms with E-state index in [1.807, 2.05) is 12.1 Å². The molecule has 0 saturated carbocycles. The Balaban J connectivity index is 1.39.